The number of ether oxygens (including phenoxy) is 2. The molecule has 0 saturated carbocycles. The van der Waals surface area contributed by atoms with Crippen LogP contribution in [0.4, 0.5) is 22.1 Å². The van der Waals surface area contributed by atoms with Gasteiger partial charge >= 0.3 is 6.03 Å². The lowest BCUT2D eigenvalue weighted by molar-refractivity contribution is 0.256. The van der Waals surface area contributed by atoms with Gasteiger partial charge in [-0.15, -0.1) is 0 Å². The van der Waals surface area contributed by atoms with Crippen molar-refractivity contribution < 1.29 is 14.3 Å². The number of nitrogens with two attached hydrogens (primary N) is 1. The number of carbonyl (C=O) groups is 1. The molecule has 0 aliphatic heterocycles. The highest BCUT2D eigenvalue weighted by atomic mass is 16.5. The van der Waals surface area contributed by atoms with Crippen molar-refractivity contribution in [1.29, 1.82) is 0 Å². The molecule has 0 unspecified atom stereocenters. The molecule has 0 atom stereocenters. The normalized spacial score (nSPS) is 10.4. The van der Waals surface area contributed by atoms with Crippen LogP contribution in [0.5, 0.6) is 17.4 Å². The Morgan fingerprint density at radius 3 is 2.56 bits per heavy atom. The summed E-state index contributed by atoms with van der Waals surface area (Å²) in [5.41, 5.74) is 9.08. The summed E-state index contributed by atoms with van der Waals surface area (Å²) in [7, 11) is 3.32. The highest BCUT2D eigenvalue weighted by Gasteiger charge is 2.18. The van der Waals surface area contributed by atoms with Crippen molar-refractivity contribution in [1.82, 2.24) is 15.0 Å². The molecule has 2 aromatic carbocycles. The Labute approximate surface area is 197 Å². The molecule has 0 fully saturated rings. The summed E-state index contributed by atoms with van der Waals surface area (Å²) in [6, 6.07) is 17.4. The minimum atomic E-state index is -0.613. The van der Waals surface area contributed by atoms with E-state index in [1.165, 1.54) is 4.90 Å². The van der Waals surface area contributed by atoms with Gasteiger partial charge in [0.25, 0.3) is 0 Å². The molecule has 2 aromatic heterocycles. The van der Waals surface area contributed by atoms with E-state index in [1.807, 2.05) is 25.1 Å². The molecule has 0 radical (unpaired) electrons. The second-order valence-electron chi connectivity index (χ2n) is 7.30. The third-order valence-corrected chi connectivity index (χ3v) is 5.08. The zero-order chi connectivity index (χ0) is 24.1. The van der Waals surface area contributed by atoms with Crippen LogP contribution < -0.4 is 25.4 Å². The number of hydrogen-bond acceptors (Lipinski definition) is 7. The standard InChI is InChI=1S/C25H24N6O3/c1-16-14-18(31(24(26)32)17-6-4-7-19(15-17)33-3)9-10-22(16)34-23-20(8-5-12-28-23)21-11-13-29-25(27-2)30-21/h4-15H,1-3H3,(H2,26,32)(H,27,29,30). The van der Waals surface area contributed by atoms with Crippen LogP contribution in [0, 0.1) is 6.92 Å². The van der Waals surface area contributed by atoms with Crippen molar-refractivity contribution in [2.75, 3.05) is 24.4 Å². The molecular weight excluding hydrogens is 432 g/mol. The number of aryl methyl sites for hydroxylation is 1. The first-order valence-electron chi connectivity index (χ1n) is 10.5. The van der Waals surface area contributed by atoms with Gasteiger partial charge in [0.2, 0.25) is 11.8 Å². The van der Waals surface area contributed by atoms with Crippen LogP contribution in [0.3, 0.4) is 0 Å². The number of primary amides is 1. The highest BCUT2D eigenvalue weighted by molar-refractivity contribution is 5.98. The highest BCUT2D eigenvalue weighted by Crippen LogP contribution is 2.35. The lowest BCUT2D eigenvalue weighted by Crippen LogP contribution is -2.31. The lowest BCUT2D eigenvalue weighted by Gasteiger charge is -2.22. The summed E-state index contributed by atoms with van der Waals surface area (Å²) in [6.45, 7) is 1.88. The van der Waals surface area contributed by atoms with Crippen LogP contribution in [0.15, 0.2) is 73.1 Å². The van der Waals surface area contributed by atoms with Gasteiger partial charge in [0, 0.05) is 25.5 Å². The number of amides is 2. The molecule has 0 bridgehead atoms. The Hall–Kier alpha value is -4.66. The zero-order valence-electron chi connectivity index (χ0n) is 19.0. The maximum absolute atomic E-state index is 12.3. The van der Waals surface area contributed by atoms with E-state index in [0.29, 0.717) is 40.4 Å². The van der Waals surface area contributed by atoms with Gasteiger partial charge < -0.3 is 20.5 Å². The van der Waals surface area contributed by atoms with Crippen LogP contribution in [0.1, 0.15) is 5.56 Å². The summed E-state index contributed by atoms with van der Waals surface area (Å²) in [5.74, 6) is 2.10. The van der Waals surface area contributed by atoms with E-state index >= 15 is 0 Å². The quantitative estimate of drug-likeness (QED) is 0.406. The Morgan fingerprint density at radius 1 is 1.00 bits per heavy atom. The largest absolute Gasteiger partial charge is 0.497 e. The van der Waals surface area contributed by atoms with Crippen molar-refractivity contribution >= 4 is 23.4 Å². The number of benzene rings is 2. The van der Waals surface area contributed by atoms with Crippen LogP contribution in [0.2, 0.25) is 0 Å². The van der Waals surface area contributed by atoms with Crippen molar-refractivity contribution in [2.45, 2.75) is 6.92 Å². The second kappa shape index (κ2) is 9.86. The van der Waals surface area contributed by atoms with E-state index in [-0.39, 0.29) is 0 Å². The molecule has 9 nitrogen and oxygen atoms in total. The maximum Gasteiger partial charge on any atom is 0.323 e. The molecule has 4 aromatic rings. The summed E-state index contributed by atoms with van der Waals surface area (Å²) >= 11 is 0. The number of rotatable bonds is 7. The topological polar surface area (TPSA) is 115 Å². The number of nitrogens with one attached hydrogen (secondary N) is 1. The van der Waals surface area contributed by atoms with E-state index < -0.39 is 6.03 Å². The van der Waals surface area contributed by atoms with Crippen molar-refractivity contribution in [3.8, 4) is 28.6 Å². The Kier molecular flexibility index (Phi) is 6.54. The summed E-state index contributed by atoms with van der Waals surface area (Å²) < 4.78 is 11.4. The smallest absolute Gasteiger partial charge is 0.323 e. The van der Waals surface area contributed by atoms with Crippen LogP contribution >= 0.6 is 0 Å². The van der Waals surface area contributed by atoms with Gasteiger partial charge in [-0.3, -0.25) is 4.90 Å². The molecule has 172 valence electrons. The number of pyridine rings is 1. The number of methoxy groups -OCH3 is 1. The molecule has 2 amide bonds. The number of urea groups is 1. The fourth-order valence-electron chi connectivity index (χ4n) is 3.44. The summed E-state index contributed by atoms with van der Waals surface area (Å²) in [4.78, 5) is 26.7. The van der Waals surface area contributed by atoms with E-state index in [4.69, 9.17) is 15.2 Å². The monoisotopic (exact) mass is 456 g/mol. The average molecular weight is 457 g/mol. The van der Waals surface area contributed by atoms with Crippen molar-refractivity contribution in [3.63, 3.8) is 0 Å². The molecule has 9 heteroatoms. The molecular formula is C25H24N6O3. The number of carbonyl (C=O) groups excluding carboxylic acids is 1. The Morgan fingerprint density at radius 2 is 1.82 bits per heavy atom. The first-order valence-corrected chi connectivity index (χ1v) is 10.5. The predicted octanol–water partition coefficient (Wildman–Crippen LogP) is 4.91. The summed E-state index contributed by atoms with van der Waals surface area (Å²) in [5, 5.41) is 2.93. The van der Waals surface area contributed by atoms with E-state index in [1.54, 1.807) is 69.0 Å². The van der Waals surface area contributed by atoms with Gasteiger partial charge in [0.05, 0.1) is 29.7 Å². The third-order valence-electron chi connectivity index (χ3n) is 5.08. The van der Waals surface area contributed by atoms with Gasteiger partial charge in [-0.2, -0.15) is 0 Å². The van der Waals surface area contributed by atoms with Gasteiger partial charge in [-0.1, -0.05) is 6.07 Å². The van der Waals surface area contributed by atoms with Crippen LogP contribution in [-0.4, -0.2) is 35.1 Å². The number of hydrogen-bond donors (Lipinski definition) is 2. The Bertz CT molecular complexity index is 1330. The van der Waals surface area contributed by atoms with Crippen LogP contribution in [-0.2, 0) is 0 Å². The molecule has 0 spiro atoms. The van der Waals surface area contributed by atoms with Gasteiger partial charge in [-0.25, -0.2) is 19.7 Å². The fourth-order valence-corrected chi connectivity index (χ4v) is 3.44. The SMILES string of the molecule is CNc1nccc(-c2cccnc2Oc2ccc(N(C(N)=O)c3cccc(OC)c3)cc2C)n1. The minimum Gasteiger partial charge on any atom is -0.497 e. The molecule has 4 rings (SSSR count). The molecule has 0 aliphatic carbocycles. The van der Waals surface area contributed by atoms with E-state index in [0.717, 1.165) is 11.1 Å². The van der Waals surface area contributed by atoms with Crippen molar-refractivity contribution in [3.05, 3.63) is 78.6 Å². The molecule has 0 aliphatic rings. The first-order chi connectivity index (χ1) is 16.5. The van der Waals surface area contributed by atoms with E-state index in [2.05, 4.69) is 20.3 Å². The molecule has 0 saturated heterocycles. The zero-order valence-corrected chi connectivity index (χ0v) is 19.0. The first kappa shape index (κ1) is 22.5. The number of nitrogens with zero attached hydrogens (tertiary/aromatic N) is 4. The van der Waals surface area contributed by atoms with Gasteiger partial charge in [0.1, 0.15) is 11.5 Å². The van der Waals surface area contributed by atoms with Gasteiger partial charge in [0.15, 0.2) is 0 Å². The van der Waals surface area contributed by atoms with Gasteiger partial charge in [-0.05, 0) is 61.0 Å². The fraction of sp³-hybridized carbons (Fsp3) is 0.120. The second-order valence-corrected chi connectivity index (χ2v) is 7.30. The summed E-state index contributed by atoms with van der Waals surface area (Å²) in [6.07, 6.45) is 3.32. The minimum absolute atomic E-state index is 0.402. The molecule has 34 heavy (non-hydrogen) atoms. The number of aromatic nitrogens is 3. The molecule has 2 heterocycles. The van der Waals surface area contributed by atoms with Crippen LogP contribution in [0.25, 0.3) is 11.3 Å². The Balaban J connectivity index is 1.66. The molecule has 3 N–H and O–H groups in total. The maximum atomic E-state index is 12.3. The predicted molar refractivity (Wildman–Crippen MR) is 131 cm³/mol. The number of anilines is 3. The van der Waals surface area contributed by atoms with E-state index in [9.17, 15) is 4.79 Å². The average Bonchev–Trinajstić information content (AvgIpc) is 2.86. The van der Waals surface area contributed by atoms with Crippen molar-refractivity contribution in [2.24, 2.45) is 5.73 Å². The third kappa shape index (κ3) is 4.73. The lowest BCUT2D eigenvalue weighted by atomic mass is 10.1.